The molecule has 1 atom stereocenters. The van der Waals surface area contributed by atoms with E-state index in [4.69, 9.17) is 11.6 Å². The molecule has 0 radical (unpaired) electrons. The SMILES string of the molecule is CC(C)(C)c1ccc(/C=c2/c(=O)[nH][nH]/c2=C\S(=O)c2ccc(Cl)cc2)cc1. The normalized spacial score (nSPS) is 14.5. The molecule has 0 bridgehead atoms. The Morgan fingerprint density at radius 1 is 0.963 bits per heavy atom. The van der Waals surface area contributed by atoms with Gasteiger partial charge in [-0.15, -0.1) is 0 Å². The monoisotopic (exact) mass is 400 g/mol. The molecule has 0 amide bonds. The lowest BCUT2D eigenvalue weighted by atomic mass is 9.87. The minimum atomic E-state index is -1.41. The van der Waals surface area contributed by atoms with E-state index >= 15 is 0 Å². The zero-order chi connectivity index (χ0) is 19.6. The molecule has 0 saturated carbocycles. The molecule has 27 heavy (non-hydrogen) atoms. The van der Waals surface area contributed by atoms with Crippen LogP contribution in [-0.2, 0) is 16.2 Å². The number of halogens is 1. The molecule has 0 fully saturated rings. The predicted molar refractivity (Wildman–Crippen MR) is 112 cm³/mol. The summed E-state index contributed by atoms with van der Waals surface area (Å²) in [5.41, 5.74) is 1.94. The van der Waals surface area contributed by atoms with Crippen molar-refractivity contribution in [2.75, 3.05) is 0 Å². The van der Waals surface area contributed by atoms with Crippen molar-refractivity contribution in [2.45, 2.75) is 31.1 Å². The number of benzene rings is 2. The van der Waals surface area contributed by atoms with Crippen LogP contribution in [-0.4, -0.2) is 14.4 Å². The highest BCUT2D eigenvalue weighted by Gasteiger charge is 2.12. The van der Waals surface area contributed by atoms with Crippen molar-refractivity contribution in [3.8, 4) is 0 Å². The average Bonchev–Trinajstić information content (AvgIpc) is 2.95. The Bertz CT molecular complexity index is 1140. The van der Waals surface area contributed by atoms with E-state index in [1.54, 1.807) is 30.3 Å². The number of hydrogen-bond acceptors (Lipinski definition) is 2. The van der Waals surface area contributed by atoms with Crippen LogP contribution in [0.3, 0.4) is 0 Å². The summed E-state index contributed by atoms with van der Waals surface area (Å²) in [6.07, 6.45) is 1.78. The first-order chi connectivity index (χ1) is 12.7. The summed E-state index contributed by atoms with van der Waals surface area (Å²) in [4.78, 5) is 12.8. The van der Waals surface area contributed by atoms with Crippen LogP contribution in [0.15, 0.2) is 58.2 Å². The Hall–Kier alpha value is -2.37. The van der Waals surface area contributed by atoms with Gasteiger partial charge in [-0.2, -0.15) is 0 Å². The van der Waals surface area contributed by atoms with Crippen LogP contribution in [0.2, 0.25) is 5.02 Å². The molecule has 1 aromatic heterocycles. The van der Waals surface area contributed by atoms with E-state index < -0.39 is 10.8 Å². The second-order valence-electron chi connectivity index (χ2n) is 7.29. The van der Waals surface area contributed by atoms with E-state index in [-0.39, 0.29) is 11.0 Å². The largest absolute Gasteiger partial charge is 0.297 e. The molecule has 0 saturated heterocycles. The molecule has 0 spiro atoms. The van der Waals surface area contributed by atoms with Crippen molar-refractivity contribution in [1.29, 1.82) is 0 Å². The number of aromatic nitrogens is 2. The summed E-state index contributed by atoms with van der Waals surface area (Å²) < 4.78 is 12.6. The van der Waals surface area contributed by atoms with Gasteiger partial charge in [0, 0.05) is 15.3 Å². The molecule has 140 valence electrons. The fourth-order valence-corrected chi connectivity index (χ4v) is 3.67. The molecular weight excluding hydrogens is 380 g/mol. The van der Waals surface area contributed by atoms with Crippen LogP contribution < -0.4 is 16.1 Å². The standard InChI is InChI=1S/C21H21ClN2O2S/c1-21(2,3)15-6-4-14(5-7-15)12-18-19(23-24-20(18)25)13-27(26)17-10-8-16(22)9-11-17/h4-13,23H,1-3H3,(H,24,25)/b18-12+,19-13-. The van der Waals surface area contributed by atoms with Gasteiger partial charge in [0.05, 0.1) is 21.4 Å². The summed E-state index contributed by atoms with van der Waals surface area (Å²) >= 11 is 5.87. The highest BCUT2D eigenvalue weighted by molar-refractivity contribution is 7.92. The van der Waals surface area contributed by atoms with Crippen molar-refractivity contribution in [1.82, 2.24) is 10.2 Å². The van der Waals surface area contributed by atoms with Crippen molar-refractivity contribution < 1.29 is 4.21 Å². The molecule has 3 rings (SSSR count). The Kier molecular flexibility index (Phi) is 5.53. The number of rotatable bonds is 3. The number of aromatic amines is 2. The molecule has 0 aliphatic carbocycles. The second kappa shape index (κ2) is 7.71. The summed E-state index contributed by atoms with van der Waals surface area (Å²) in [5, 5.41) is 8.40. The van der Waals surface area contributed by atoms with Crippen LogP contribution in [0.1, 0.15) is 31.9 Å². The van der Waals surface area contributed by atoms with E-state index in [9.17, 15) is 9.00 Å². The van der Waals surface area contributed by atoms with Crippen LogP contribution in [0.4, 0.5) is 0 Å². The smallest absolute Gasteiger partial charge is 0.271 e. The molecule has 4 nitrogen and oxygen atoms in total. The fraction of sp³-hybridized carbons (Fsp3) is 0.190. The van der Waals surface area contributed by atoms with E-state index in [2.05, 4.69) is 43.1 Å². The van der Waals surface area contributed by atoms with Gasteiger partial charge in [-0.3, -0.25) is 15.0 Å². The van der Waals surface area contributed by atoms with Gasteiger partial charge in [-0.05, 0) is 46.9 Å². The molecule has 2 aromatic carbocycles. The first-order valence-corrected chi connectivity index (χ1v) is 10.1. The molecule has 1 unspecified atom stereocenters. The van der Waals surface area contributed by atoms with E-state index in [1.807, 2.05) is 12.1 Å². The first kappa shape index (κ1) is 19.4. The molecular formula is C21H21ClN2O2S. The molecule has 0 aliphatic heterocycles. The van der Waals surface area contributed by atoms with Crippen LogP contribution >= 0.6 is 11.6 Å². The predicted octanol–water partition coefficient (Wildman–Crippen LogP) is 3.03. The fourth-order valence-electron chi connectivity index (χ4n) is 2.61. The molecule has 2 N–H and O–H groups in total. The molecule has 3 aromatic rings. The Morgan fingerprint density at radius 3 is 2.19 bits per heavy atom. The minimum Gasteiger partial charge on any atom is -0.297 e. The van der Waals surface area contributed by atoms with Crippen molar-refractivity contribution in [2.24, 2.45) is 0 Å². The maximum absolute atomic E-state index is 12.6. The van der Waals surface area contributed by atoms with Gasteiger partial charge in [-0.1, -0.05) is 56.6 Å². The van der Waals surface area contributed by atoms with Gasteiger partial charge >= 0.3 is 0 Å². The highest BCUT2D eigenvalue weighted by atomic mass is 35.5. The van der Waals surface area contributed by atoms with Crippen molar-refractivity contribution in [3.05, 3.63) is 85.6 Å². The maximum atomic E-state index is 12.6. The summed E-state index contributed by atoms with van der Waals surface area (Å²) in [6.45, 7) is 6.46. The lowest BCUT2D eigenvalue weighted by Crippen LogP contribution is -2.33. The average molecular weight is 401 g/mol. The van der Waals surface area contributed by atoms with E-state index in [0.717, 1.165) is 5.56 Å². The quantitative estimate of drug-likeness (QED) is 0.709. The summed E-state index contributed by atoms with van der Waals surface area (Å²) in [6, 6.07) is 14.9. The number of H-pyrrole nitrogens is 2. The van der Waals surface area contributed by atoms with E-state index in [1.165, 1.54) is 11.0 Å². The second-order valence-corrected chi connectivity index (χ2v) is 9.03. The first-order valence-electron chi connectivity index (χ1n) is 8.51. The van der Waals surface area contributed by atoms with Gasteiger partial charge < -0.3 is 0 Å². The molecule has 0 aliphatic rings. The number of hydrogen-bond donors (Lipinski definition) is 2. The minimum absolute atomic E-state index is 0.0680. The lowest BCUT2D eigenvalue weighted by molar-refractivity contribution is 0.590. The Balaban J connectivity index is 2.02. The molecule has 1 heterocycles. The third-order valence-corrected chi connectivity index (χ3v) is 5.64. The zero-order valence-electron chi connectivity index (χ0n) is 15.4. The third kappa shape index (κ3) is 4.67. The maximum Gasteiger partial charge on any atom is 0.271 e. The van der Waals surface area contributed by atoms with Crippen LogP contribution in [0.25, 0.3) is 11.5 Å². The zero-order valence-corrected chi connectivity index (χ0v) is 16.9. The van der Waals surface area contributed by atoms with E-state index in [0.29, 0.717) is 20.5 Å². The van der Waals surface area contributed by atoms with Crippen LogP contribution in [0, 0.1) is 0 Å². The highest BCUT2D eigenvalue weighted by Crippen LogP contribution is 2.22. The van der Waals surface area contributed by atoms with Crippen molar-refractivity contribution >= 4 is 33.9 Å². The van der Waals surface area contributed by atoms with Gasteiger partial charge in [-0.25, -0.2) is 4.21 Å². The topological polar surface area (TPSA) is 65.7 Å². The Morgan fingerprint density at radius 2 is 1.59 bits per heavy atom. The van der Waals surface area contributed by atoms with Gasteiger partial charge in [0.15, 0.2) is 0 Å². The number of nitrogens with one attached hydrogen (secondary N) is 2. The lowest BCUT2D eigenvalue weighted by Gasteiger charge is -2.18. The van der Waals surface area contributed by atoms with Gasteiger partial charge in [0.1, 0.15) is 0 Å². The van der Waals surface area contributed by atoms with Gasteiger partial charge in [0.2, 0.25) is 0 Å². The molecule has 6 heteroatoms. The van der Waals surface area contributed by atoms with Crippen molar-refractivity contribution in [3.63, 3.8) is 0 Å². The summed E-state index contributed by atoms with van der Waals surface area (Å²) in [5.74, 6) is 0. The Labute approximate surface area is 165 Å². The third-order valence-electron chi connectivity index (χ3n) is 4.20. The summed E-state index contributed by atoms with van der Waals surface area (Å²) in [7, 11) is -1.41. The van der Waals surface area contributed by atoms with Gasteiger partial charge in [0.25, 0.3) is 5.56 Å². The van der Waals surface area contributed by atoms with Crippen LogP contribution in [0.5, 0.6) is 0 Å².